The zero-order valence-corrected chi connectivity index (χ0v) is 31.2. The van der Waals surface area contributed by atoms with Gasteiger partial charge in [-0.3, -0.25) is 9.59 Å². The molecule has 4 N–H and O–H groups in total. The Kier molecular flexibility index (Phi) is 28.1. The molecule has 0 aliphatic carbocycles. The summed E-state index contributed by atoms with van der Waals surface area (Å²) >= 11 is 0. The number of carbonyl (C=O) groups is 3. The monoisotopic (exact) mass is 714 g/mol. The standard InChI is InChI=1S/C39H70O11/c1-3-5-7-9-11-13-14-15-16-17-18-20-21-23-25-27-32(40)47-29-31(49-33(41)28-26-24-22-19-12-10-8-6-4-2)30-48-39-36(44)34(42)35(43)37(50-39)38(45)46/h15-16,31,34-37,39,42-44H,3-14,17-30H2,1-2H3,(H,45,46)/b16-15-. The molecule has 0 amide bonds. The molecule has 0 saturated carbocycles. The topological polar surface area (TPSA) is 169 Å². The third-order valence-corrected chi connectivity index (χ3v) is 9.11. The molecule has 1 fully saturated rings. The Morgan fingerprint density at radius 3 is 1.56 bits per heavy atom. The van der Waals surface area contributed by atoms with Crippen LogP contribution in [-0.4, -0.2) is 88.4 Å². The van der Waals surface area contributed by atoms with Crippen molar-refractivity contribution in [3.8, 4) is 0 Å². The number of carboxylic acid groups (broad SMARTS) is 1. The third kappa shape index (κ3) is 22.7. The zero-order chi connectivity index (χ0) is 36.8. The largest absolute Gasteiger partial charge is 0.479 e. The van der Waals surface area contributed by atoms with Gasteiger partial charge in [0.15, 0.2) is 18.5 Å². The maximum atomic E-state index is 12.6. The van der Waals surface area contributed by atoms with Crippen molar-refractivity contribution in [2.75, 3.05) is 13.2 Å². The Morgan fingerprint density at radius 2 is 1.06 bits per heavy atom. The summed E-state index contributed by atoms with van der Waals surface area (Å²) in [5.74, 6) is -2.45. The summed E-state index contributed by atoms with van der Waals surface area (Å²) < 4.78 is 21.6. The Labute approximate surface area is 301 Å². The van der Waals surface area contributed by atoms with Crippen LogP contribution in [0, 0.1) is 0 Å². The second-order valence-corrected chi connectivity index (χ2v) is 13.8. The van der Waals surface area contributed by atoms with Crippen molar-refractivity contribution in [2.45, 2.75) is 205 Å². The minimum Gasteiger partial charge on any atom is -0.479 e. The zero-order valence-electron chi connectivity index (χ0n) is 31.2. The maximum Gasteiger partial charge on any atom is 0.335 e. The van der Waals surface area contributed by atoms with E-state index in [9.17, 15) is 34.8 Å². The molecule has 0 radical (unpaired) electrons. The van der Waals surface area contributed by atoms with Crippen molar-refractivity contribution in [1.29, 1.82) is 0 Å². The molecule has 1 heterocycles. The van der Waals surface area contributed by atoms with Gasteiger partial charge in [-0.25, -0.2) is 4.79 Å². The molecule has 292 valence electrons. The van der Waals surface area contributed by atoms with E-state index in [0.29, 0.717) is 12.8 Å². The van der Waals surface area contributed by atoms with E-state index < -0.39 is 54.7 Å². The highest BCUT2D eigenvalue weighted by Gasteiger charge is 2.47. The first kappa shape index (κ1) is 46.0. The van der Waals surface area contributed by atoms with Gasteiger partial charge in [0.25, 0.3) is 0 Å². The van der Waals surface area contributed by atoms with Crippen LogP contribution in [0.5, 0.6) is 0 Å². The molecule has 1 aliphatic heterocycles. The first-order valence-electron chi connectivity index (χ1n) is 19.7. The highest BCUT2D eigenvalue weighted by atomic mass is 16.7. The summed E-state index contributed by atoms with van der Waals surface area (Å²) in [7, 11) is 0. The SMILES string of the molecule is CCCCCCCC/C=C\CCCCCCCC(=O)OCC(COC1OC(C(=O)O)C(O)C(O)C1O)OC(=O)CCCCCCCCCCC. The summed E-state index contributed by atoms with van der Waals surface area (Å²) in [6.45, 7) is 3.75. The van der Waals surface area contributed by atoms with Crippen molar-refractivity contribution >= 4 is 17.9 Å². The number of ether oxygens (including phenoxy) is 4. The Hall–Kier alpha value is -2.05. The van der Waals surface area contributed by atoms with Gasteiger partial charge in [-0.1, -0.05) is 129 Å². The predicted molar refractivity (Wildman–Crippen MR) is 192 cm³/mol. The summed E-state index contributed by atoms with van der Waals surface area (Å²) in [5.41, 5.74) is 0. The minimum atomic E-state index is -1.86. The number of rotatable bonds is 32. The first-order valence-corrected chi connectivity index (χ1v) is 19.7. The van der Waals surface area contributed by atoms with Gasteiger partial charge < -0.3 is 39.4 Å². The van der Waals surface area contributed by atoms with Crippen molar-refractivity contribution in [3.05, 3.63) is 12.2 Å². The van der Waals surface area contributed by atoms with Crippen LogP contribution in [-0.2, 0) is 33.3 Å². The van der Waals surface area contributed by atoms with Crippen LogP contribution >= 0.6 is 0 Å². The number of aliphatic carboxylic acids is 1. The van der Waals surface area contributed by atoms with E-state index in [0.717, 1.165) is 57.8 Å². The van der Waals surface area contributed by atoms with Gasteiger partial charge in [0, 0.05) is 12.8 Å². The van der Waals surface area contributed by atoms with Crippen molar-refractivity contribution in [2.24, 2.45) is 0 Å². The lowest BCUT2D eigenvalue weighted by atomic mass is 9.99. The van der Waals surface area contributed by atoms with E-state index in [1.165, 1.54) is 70.6 Å². The van der Waals surface area contributed by atoms with Crippen molar-refractivity contribution in [3.63, 3.8) is 0 Å². The average molecular weight is 715 g/mol. The van der Waals surface area contributed by atoms with E-state index in [1.54, 1.807) is 0 Å². The summed E-state index contributed by atoms with van der Waals surface area (Å²) in [6.07, 6.45) is 20.0. The number of unbranched alkanes of at least 4 members (excludes halogenated alkanes) is 19. The normalized spacial score (nSPS) is 21.3. The molecule has 1 rings (SSSR count). The lowest BCUT2D eigenvalue weighted by Crippen LogP contribution is -2.60. The van der Waals surface area contributed by atoms with Crippen LogP contribution in [0.1, 0.15) is 168 Å². The van der Waals surface area contributed by atoms with E-state index in [-0.39, 0.29) is 26.1 Å². The molecule has 0 bridgehead atoms. The average Bonchev–Trinajstić information content (AvgIpc) is 3.09. The molecule has 1 aliphatic rings. The molecule has 11 nitrogen and oxygen atoms in total. The van der Waals surface area contributed by atoms with Gasteiger partial charge in [-0.05, 0) is 38.5 Å². The molecule has 6 unspecified atom stereocenters. The number of hydrogen-bond acceptors (Lipinski definition) is 10. The molecule has 0 aromatic rings. The predicted octanol–water partition coefficient (Wildman–Crippen LogP) is 7.31. The van der Waals surface area contributed by atoms with Gasteiger partial charge in [0.2, 0.25) is 0 Å². The van der Waals surface area contributed by atoms with Crippen molar-refractivity contribution in [1.82, 2.24) is 0 Å². The molecular formula is C39H70O11. The molecule has 6 atom stereocenters. The molecule has 11 heteroatoms. The molecule has 0 aromatic heterocycles. The summed E-state index contributed by atoms with van der Waals surface area (Å²) in [6, 6.07) is 0. The number of carboxylic acids is 1. The lowest BCUT2D eigenvalue weighted by molar-refractivity contribution is -0.298. The highest BCUT2D eigenvalue weighted by Crippen LogP contribution is 2.23. The van der Waals surface area contributed by atoms with Crippen LogP contribution < -0.4 is 0 Å². The third-order valence-electron chi connectivity index (χ3n) is 9.11. The maximum absolute atomic E-state index is 12.6. The van der Waals surface area contributed by atoms with Crippen LogP contribution in [0.3, 0.4) is 0 Å². The molecule has 50 heavy (non-hydrogen) atoms. The van der Waals surface area contributed by atoms with Crippen LogP contribution in [0.25, 0.3) is 0 Å². The fourth-order valence-corrected chi connectivity index (χ4v) is 5.93. The quantitative estimate of drug-likeness (QED) is 0.0313. The van der Waals surface area contributed by atoms with Crippen LogP contribution in [0.4, 0.5) is 0 Å². The van der Waals surface area contributed by atoms with E-state index in [1.807, 2.05) is 0 Å². The van der Waals surface area contributed by atoms with Gasteiger partial charge in [-0.2, -0.15) is 0 Å². The lowest BCUT2D eigenvalue weighted by Gasteiger charge is -2.38. The summed E-state index contributed by atoms with van der Waals surface area (Å²) in [5, 5.41) is 39.6. The number of aliphatic hydroxyl groups is 3. The number of carbonyl (C=O) groups excluding carboxylic acids is 2. The Bertz CT molecular complexity index is 895. The van der Waals surface area contributed by atoms with Gasteiger partial charge >= 0.3 is 17.9 Å². The van der Waals surface area contributed by atoms with Crippen LogP contribution in [0.2, 0.25) is 0 Å². The minimum absolute atomic E-state index is 0.184. The number of allylic oxidation sites excluding steroid dienone is 2. The van der Waals surface area contributed by atoms with Gasteiger partial charge in [0.1, 0.15) is 24.9 Å². The molecule has 0 spiro atoms. The van der Waals surface area contributed by atoms with Gasteiger partial charge in [0.05, 0.1) is 6.61 Å². The smallest absolute Gasteiger partial charge is 0.335 e. The fourth-order valence-electron chi connectivity index (χ4n) is 5.93. The Morgan fingerprint density at radius 1 is 0.600 bits per heavy atom. The highest BCUT2D eigenvalue weighted by molar-refractivity contribution is 5.73. The number of esters is 2. The molecule has 1 saturated heterocycles. The second kappa shape index (κ2) is 30.6. The second-order valence-electron chi connectivity index (χ2n) is 13.8. The van der Waals surface area contributed by atoms with E-state index >= 15 is 0 Å². The van der Waals surface area contributed by atoms with Crippen molar-refractivity contribution < 1.29 is 53.8 Å². The number of hydrogen-bond donors (Lipinski definition) is 4. The number of aliphatic hydroxyl groups excluding tert-OH is 3. The Balaban J connectivity index is 2.41. The first-order chi connectivity index (χ1) is 24.2. The van der Waals surface area contributed by atoms with E-state index in [4.69, 9.17) is 18.9 Å². The fraction of sp³-hybridized carbons (Fsp3) is 0.872. The van der Waals surface area contributed by atoms with E-state index in [2.05, 4.69) is 26.0 Å². The molecular weight excluding hydrogens is 644 g/mol. The molecule has 0 aromatic carbocycles. The van der Waals surface area contributed by atoms with Crippen LogP contribution in [0.15, 0.2) is 12.2 Å². The summed E-state index contributed by atoms with van der Waals surface area (Å²) in [4.78, 5) is 36.5. The van der Waals surface area contributed by atoms with Gasteiger partial charge in [-0.15, -0.1) is 0 Å².